The Kier molecular flexibility index (Phi) is 6.43. The first-order valence-electron chi connectivity index (χ1n) is 11.6. The van der Waals surface area contributed by atoms with Gasteiger partial charge in [0, 0.05) is 10.9 Å². The zero-order chi connectivity index (χ0) is 24.4. The second kappa shape index (κ2) is 9.80. The molecule has 0 fully saturated rings. The Balaban J connectivity index is 1.33. The van der Waals surface area contributed by atoms with Gasteiger partial charge in [0.15, 0.2) is 12.2 Å². The lowest BCUT2D eigenvalue weighted by atomic mass is 9.98. The van der Waals surface area contributed by atoms with E-state index < -0.39 is 0 Å². The van der Waals surface area contributed by atoms with Crippen LogP contribution in [0, 0.1) is 0 Å². The van der Waals surface area contributed by atoms with Gasteiger partial charge >= 0.3 is 0 Å². The number of nitrogens with zero attached hydrogens (tertiary/aromatic N) is 1. The van der Waals surface area contributed by atoms with Crippen molar-refractivity contribution in [2.75, 3.05) is 11.9 Å². The molecule has 0 saturated heterocycles. The molecule has 4 aromatic carbocycles. The van der Waals surface area contributed by atoms with Crippen molar-refractivity contribution >= 4 is 45.1 Å². The van der Waals surface area contributed by atoms with Gasteiger partial charge in [-0.3, -0.25) is 4.79 Å². The topological polar surface area (TPSA) is 64.4 Å². The average molecular weight is 485 g/mol. The van der Waals surface area contributed by atoms with Crippen molar-refractivity contribution in [1.82, 2.24) is 4.98 Å². The number of nitrogens with one attached hydrogen (secondary N) is 1. The Morgan fingerprint density at radius 1 is 1.06 bits per heavy atom. The Hall–Kier alpha value is -3.83. The predicted molar refractivity (Wildman–Crippen MR) is 141 cm³/mol. The number of aromatic nitrogens is 1. The van der Waals surface area contributed by atoms with E-state index in [1.807, 2.05) is 54.6 Å². The summed E-state index contributed by atoms with van der Waals surface area (Å²) in [5, 5.41) is 5.26. The Bertz CT molecular complexity index is 1520. The SMILES string of the molecule is CCC(C)c1ccc2oc(-c3ccc(Cl)c(NC(=O)COc4cccc5ccccc45)c3)nc2c1. The minimum atomic E-state index is -0.312. The Labute approximate surface area is 208 Å². The quantitative estimate of drug-likeness (QED) is 0.255. The highest BCUT2D eigenvalue weighted by Gasteiger charge is 2.14. The first-order chi connectivity index (χ1) is 17.0. The normalized spacial score (nSPS) is 12.1. The fourth-order valence-electron chi connectivity index (χ4n) is 4.02. The average Bonchev–Trinajstić information content (AvgIpc) is 3.31. The second-order valence-corrected chi connectivity index (χ2v) is 8.97. The van der Waals surface area contributed by atoms with E-state index in [4.69, 9.17) is 20.8 Å². The standard InChI is InChI=1S/C29H25ClN2O3/c1-3-18(2)20-12-14-27-25(15-20)32-29(35-27)21-11-13-23(30)24(16-21)31-28(33)17-34-26-10-6-8-19-7-4-5-9-22(19)26/h4-16,18H,3,17H2,1-2H3,(H,31,33). The number of hydrogen-bond donors (Lipinski definition) is 1. The van der Waals surface area contributed by atoms with Crippen LogP contribution < -0.4 is 10.1 Å². The third-order valence-corrected chi connectivity index (χ3v) is 6.52. The minimum absolute atomic E-state index is 0.143. The fourth-order valence-corrected chi connectivity index (χ4v) is 4.18. The van der Waals surface area contributed by atoms with Gasteiger partial charge in [-0.2, -0.15) is 0 Å². The van der Waals surface area contributed by atoms with Gasteiger partial charge in [-0.1, -0.05) is 67.9 Å². The molecule has 0 radical (unpaired) electrons. The zero-order valence-corrected chi connectivity index (χ0v) is 20.3. The number of fused-ring (bicyclic) bond motifs is 2. The number of amides is 1. The summed E-state index contributed by atoms with van der Waals surface area (Å²) in [6.07, 6.45) is 1.06. The second-order valence-electron chi connectivity index (χ2n) is 8.56. The van der Waals surface area contributed by atoms with E-state index in [1.165, 1.54) is 5.56 Å². The molecule has 0 saturated carbocycles. The molecule has 1 atom stereocenters. The van der Waals surface area contributed by atoms with Gasteiger partial charge in [0.2, 0.25) is 5.89 Å². The smallest absolute Gasteiger partial charge is 0.262 e. The maximum absolute atomic E-state index is 12.7. The zero-order valence-electron chi connectivity index (χ0n) is 19.5. The lowest BCUT2D eigenvalue weighted by Gasteiger charge is -2.11. The van der Waals surface area contributed by atoms with Crippen LogP contribution in [0.4, 0.5) is 5.69 Å². The van der Waals surface area contributed by atoms with E-state index >= 15 is 0 Å². The number of halogens is 1. The molecule has 1 aromatic heterocycles. The first-order valence-corrected chi connectivity index (χ1v) is 12.0. The summed E-state index contributed by atoms with van der Waals surface area (Å²) < 4.78 is 11.8. The van der Waals surface area contributed by atoms with Crippen molar-refractivity contribution in [2.24, 2.45) is 0 Å². The summed E-state index contributed by atoms with van der Waals surface area (Å²) in [7, 11) is 0. The number of carbonyl (C=O) groups excluding carboxylic acids is 1. The van der Waals surface area contributed by atoms with Gasteiger partial charge in [-0.15, -0.1) is 0 Å². The molecule has 0 aliphatic carbocycles. The van der Waals surface area contributed by atoms with E-state index in [0.717, 1.165) is 33.9 Å². The molecule has 176 valence electrons. The van der Waals surface area contributed by atoms with Crippen LogP contribution in [-0.4, -0.2) is 17.5 Å². The van der Waals surface area contributed by atoms with Crippen molar-refractivity contribution in [3.8, 4) is 17.2 Å². The molecule has 1 unspecified atom stereocenters. The van der Waals surface area contributed by atoms with Crippen LogP contribution >= 0.6 is 11.6 Å². The molecule has 5 aromatic rings. The number of carbonyl (C=O) groups is 1. The van der Waals surface area contributed by atoms with Gasteiger partial charge in [0.25, 0.3) is 5.91 Å². The maximum Gasteiger partial charge on any atom is 0.262 e. The van der Waals surface area contributed by atoms with E-state index in [9.17, 15) is 4.79 Å². The largest absolute Gasteiger partial charge is 0.483 e. The predicted octanol–water partition coefficient (Wildman–Crippen LogP) is 7.83. The van der Waals surface area contributed by atoms with Crippen LogP contribution in [0.5, 0.6) is 5.75 Å². The van der Waals surface area contributed by atoms with Crippen LogP contribution in [0.3, 0.4) is 0 Å². The molecule has 0 aliphatic heterocycles. The Morgan fingerprint density at radius 2 is 1.89 bits per heavy atom. The van der Waals surface area contributed by atoms with Crippen LogP contribution in [0.25, 0.3) is 33.3 Å². The lowest BCUT2D eigenvalue weighted by Crippen LogP contribution is -2.20. The summed E-state index contributed by atoms with van der Waals surface area (Å²) in [6.45, 7) is 4.22. The summed E-state index contributed by atoms with van der Waals surface area (Å²) >= 11 is 6.37. The van der Waals surface area contributed by atoms with E-state index in [2.05, 4.69) is 36.3 Å². The third kappa shape index (κ3) is 4.86. The molecule has 5 nitrogen and oxygen atoms in total. The Morgan fingerprint density at radius 3 is 2.74 bits per heavy atom. The molecule has 35 heavy (non-hydrogen) atoms. The van der Waals surface area contributed by atoms with Crippen LogP contribution in [-0.2, 0) is 4.79 Å². The number of anilines is 1. The van der Waals surface area contributed by atoms with E-state index in [1.54, 1.807) is 12.1 Å². The molecular formula is C29H25ClN2O3. The molecule has 6 heteroatoms. The molecular weight excluding hydrogens is 460 g/mol. The van der Waals surface area contributed by atoms with Gasteiger partial charge in [0.1, 0.15) is 11.3 Å². The van der Waals surface area contributed by atoms with Crippen LogP contribution in [0.1, 0.15) is 31.7 Å². The van der Waals surface area contributed by atoms with Crippen molar-refractivity contribution in [3.63, 3.8) is 0 Å². The summed E-state index contributed by atoms with van der Waals surface area (Å²) in [5.74, 6) is 1.27. The highest BCUT2D eigenvalue weighted by atomic mass is 35.5. The molecule has 1 amide bonds. The van der Waals surface area contributed by atoms with Crippen molar-refractivity contribution in [2.45, 2.75) is 26.2 Å². The first kappa shape index (κ1) is 22.9. The van der Waals surface area contributed by atoms with Crippen LogP contribution in [0.2, 0.25) is 5.02 Å². The molecule has 5 rings (SSSR count). The minimum Gasteiger partial charge on any atom is -0.483 e. The highest BCUT2D eigenvalue weighted by Crippen LogP contribution is 2.32. The van der Waals surface area contributed by atoms with E-state index in [0.29, 0.717) is 28.3 Å². The fraction of sp³-hybridized carbons (Fsp3) is 0.172. The monoisotopic (exact) mass is 484 g/mol. The number of benzene rings is 4. The maximum atomic E-state index is 12.7. The van der Waals surface area contributed by atoms with Gasteiger partial charge in [-0.05, 0) is 59.7 Å². The molecule has 1 N–H and O–H groups in total. The summed E-state index contributed by atoms with van der Waals surface area (Å²) in [6, 6.07) is 25.1. The van der Waals surface area contributed by atoms with Crippen molar-refractivity contribution in [1.29, 1.82) is 0 Å². The highest BCUT2D eigenvalue weighted by molar-refractivity contribution is 6.33. The van der Waals surface area contributed by atoms with E-state index in [-0.39, 0.29) is 12.5 Å². The van der Waals surface area contributed by atoms with Gasteiger partial charge in [0.05, 0.1) is 10.7 Å². The lowest BCUT2D eigenvalue weighted by molar-refractivity contribution is -0.118. The van der Waals surface area contributed by atoms with Gasteiger partial charge in [-0.25, -0.2) is 4.98 Å². The third-order valence-electron chi connectivity index (χ3n) is 6.19. The number of oxazole rings is 1. The van der Waals surface area contributed by atoms with Gasteiger partial charge < -0.3 is 14.5 Å². The number of hydrogen-bond acceptors (Lipinski definition) is 4. The number of rotatable bonds is 7. The van der Waals surface area contributed by atoms with Crippen molar-refractivity contribution in [3.05, 3.63) is 89.4 Å². The molecule has 1 heterocycles. The number of ether oxygens (including phenoxy) is 1. The van der Waals surface area contributed by atoms with Crippen LogP contribution in [0.15, 0.2) is 83.3 Å². The van der Waals surface area contributed by atoms with Crippen molar-refractivity contribution < 1.29 is 13.9 Å². The summed E-state index contributed by atoms with van der Waals surface area (Å²) in [5.41, 5.74) is 3.95. The molecule has 0 bridgehead atoms. The summed E-state index contributed by atoms with van der Waals surface area (Å²) in [4.78, 5) is 17.3. The molecule has 0 spiro atoms. The molecule has 0 aliphatic rings.